The number of hydrogen-bond donors (Lipinski definition) is 2. The molecule has 0 aliphatic carbocycles. The zero-order valence-electron chi connectivity index (χ0n) is 6.93. The van der Waals surface area contributed by atoms with Crippen LogP contribution in [0.3, 0.4) is 0 Å². The zero-order chi connectivity index (χ0) is 10.0. The maximum absolute atomic E-state index is 7.00. The molecule has 0 heterocycles. The van der Waals surface area contributed by atoms with E-state index in [0.717, 1.165) is 14.2 Å². The second-order valence-corrected chi connectivity index (χ2v) is 0. The summed E-state index contributed by atoms with van der Waals surface area (Å²) < 4.78 is 0. The van der Waals surface area contributed by atoms with Gasteiger partial charge in [-0.2, -0.15) is 0 Å². The molecule has 0 atom stereocenters. The van der Waals surface area contributed by atoms with E-state index in [0.29, 0.717) is 0 Å². The van der Waals surface area contributed by atoms with Crippen molar-refractivity contribution in [3.8, 4) is 0 Å². The topological polar surface area (TPSA) is 148 Å². The molecule has 0 bridgehead atoms. The summed E-state index contributed by atoms with van der Waals surface area (Å²) in [6, 6.07) is 0. The van der Waals surface area contributed by atoms with E-state index in [9.17, 15) is 0 Å². The van der Waals surface area contributed by atoms with Gasteiger partial charge in [0.05, 0.1) is 0 Å². The van der Waals surface area contributed by atoms with Gasteiger partial charge >= 0.3 is 27.0 Å². The van der Waals surface area contributed by atoms with E-state index in [1.54, 1.807) is 0 Å². The van der Waals surface area contributed by atoms with Crippen LogP contribution in [0.5, 0.6) is 0 Å². The third kappa shape index (κ3) is 95700. The van der Waals surface area contributed by atoms with Gasteiger partial charge in [-0.1, -0.05) is 0 Å². The summed E-state index contributed by atoms with van der Waals surface area (Å²) in [5, 5.41) is 27.5. The molecule has 6 nitrogen and oxygen atoms in total. The second kappa shape index (κ2) is 130000. The molecule has 0 spiro atoms. The van der Waals surface area contributed by atoms with Gasteiger partial charge in [0, 0.05) is 14.2 Å². The van der Waals surface area contributed by atoms with Gasteiger partial charge in [0.1, 0.15) is 0 Å². The molecule has 12 heavy (non-hydrogen) atoms. The van der Waals surface area contributed by atoms with Crippen molar-refractivity contribution in [1.29, 1.82) is 0 Å². The molecular formula is C4H16ClN2O4Ru. The van der Waals surface area contributed by atoms with Crippen molar-refractivity contribution in [3.05, 3.63) is 10.8 Å². The molecule has 0 rings (SSSR count). The fourth-order valence-corrected chi connectivity index (χ4v) is 0. The van der Waals surface area contributed by atoms with E-state index in [-0.39, 0.29) is 11.0 Å². The van der Waals surface area contributed by atoms with Gasteiger partial charge in [-0.15, -0.1) is 0 Å². The van der Waals surface area contributed by atoms with Crippen molar-refractivity contribution in [1.82, 2.24) is 0 Å². The predicted octanol–water partition coefficient (Wildman–Crippen LogP) is -1.23. The number of rotatable bonds is 0. The molecule has 6 N–H and O–H groups in total. The number of nitrogens with zero attached hydrogens (tertiary/aromatic N) is 2. The van der Waals surface area contributed by atoms with E-state index in [1.165, 1.54) is 0 Å². The van der Waals surface area contributed by atoms with Gasteiger partial charge < -0.3 is 32.0 Å². The third-order valence-corrected chi connectivity index (χ3v) is 0. The van der Waals surface area contributed by atoms with Crippen molar-refractivity contribution in [2.24, 2.45) is 0 Å². The van der Waals surface area contributed by atoms with Crippen molar-refractivity contribution in [2.75, 3.05) is 14.2 Å². The molecule has 0 aliphatic heterocycles. The monoisotopic (exact) mass is 293 g/mol. The summed E-state index contributed by atoms with van der Waals surface area (Å²) in [5.41, 5.74) is 0. The Balaban J connectivity index is -0.00000000500. The summed E-state index contributed by atoms with van der Waals surface area (Å²) in [7, 11) is 6.57. The molecule has 81 valence electrons. The Morgan fingerprint density at radius 2 is 0.833 bits per heavy atom. The Hall–Kier alpha value is 0.0934. The molecule has 0 aromatic rings. The Bertz CT molecular complexity index is 27.0. The van der Waals surface area contributed by atoms with Crippen LogP contribution >= 0.6 is 9.69 Å². The fraction of sp³-hybridized carbons (Fsp3) is 0.500. The first kappa shape index (κ1) is 57.4. The van der Waals surface area contributed by atoms with Crippen LogP contribution in [0.4, 0.5) is 0 Å². The summed E-state index contributed by atoms with van der Waals surface area (Å²) >= 11 is 1.82. The molecule has 8 heteroatoms. The molecule has 0 saturated heterocycles. The van der Waals surface area contributed by atoms with Crippen molar-refractivity contribution >= 4 is 23.1 Å². The minimum absolute atomic E-state index is 0. The van der Waals surface area contributed by atoms with Crippen LogP contribution < -0.4 is 0 Å². The molecule has 0 fully saturated rings. The van der Waals surface area contributed by atoms with E-state index in [2.05, 4.69) is 23.1 Å². The van der Waals surface area contributed by atoms with Gasteiger partial charge in [-0.3, -0.25) is 0 Å². The number of halogens is 1. The van der Waals surface area contributed by atoms with Crippen LogP contribution in [0, 0.1) is 0 Å². The molecule has 0 unspecified atom stereocenters. The van der Waals surface area contributed by atoms with Crippen LogP contribution in [0.1, 0.15) is 0 Å². The molecular weight excluding hydrogens is 277 g/mol. The summed E-state index contributed by atoms with van der Waals surface area (Å²) in [4.78, 5) is 0. The van der Waals surface area contributed by atoms with E-state index in [4.69, 9.17) is 21.0 Å². The van der Waals surface area contributed by atoms with Crippen molar-refractivity contribution < 1.29 is 38.5 Å². The molecule has 0 aromatic heterocycles. The van der Waals surface area contributed by atoms with Crippen LogP contribution in [0.15, 0.2) is 0 Å². The van der Waals surface area contributed by atoms with E-state index in [1.807, 2.05) is 17.3 Å². The van der Waals surface area contributed by atoms with Gasteiger partial charge in [0.15, 0.2) is 0 Å². The predicted molar refractivity (Wildman–Crippen MR) is 50.3 cm³/mol. The number of hydrogen-bond acceptors (Lipinski definition) is 2. The van der Waals surface area contributed by atoms with Crippen LogP contribution in [0.2, 0.25) is 0 Å². The summed E-state index contributed by atoms with van der Waals surface area (Å²) in [6.07, 6.45) is 0. The van der Waals surface area contributed by atoms with Crippen molar-refractivity contribution in [2.45, 2.75) is 0 Å². The van der Waals surface area contributed by atoms with Crippen LogP contribution in [-0.2, 0) is 17.3 Å². The third-order valence-electron chi connectivity index (χ3n) is 0. The second-order valence-electron chi connectivity index (χ2n) is 0. The van der Waals surface area contributed by atoms with E-state index < -0.39 is 0 Å². The van der Waals surface area contributed by atoms with Gasteiger partial charge in [0.2, 0.25) is 0 Å². The molecule has 0 radical (unpaired) electrons. The first-order valence-electron chi connectivity index (χ1n) is 1.66. The molecule has 0 aromatic carbocycles. The first-order valence-corrected chi connectivity index (χ1v) is 3.90. The Labute approximate surface area is 86.9 Å². The summed E-state index contributed by atoms with van der Waals surface area (Å²) in [5.74, 6) is 0. The normalized spacial score (nSPS) is 2.08. The van der Waals surface area contributed by atoms with Crippen LogP contribution in [-0.4, -0.2) is 48.8 Å². The fourth-order valence-electron chi connectivity index (χ4n) is 0. The van der Waals surface area contributed by atoms with Gasteiger partial charge in [-0.25, -0.2) is 13.4 Å². The van der Waals surface area contributed by atoms with E-state index >= 15 is 0 Å². The molecule has 0 amide bonds. The average molecular weight is 293 g/mol. The summed E-state index contributed by atoms with van der Waals surface area (Å²) in [6.45, 7) is 4.50. The SMILES string of the molecule is C=[N-].C=[N-].CO.CO.O.O.[Cl][Ru+2]. The average Bonchev–Trinajstić information content (AvgIpc) is 2.20. The molecule has 0 aliphatic rings. The Kier molecular flexibility index (Phi) is 620000. The molecule has 0 saturated carbocycles. The number of aliphatic hydroxyl groups excluding tert-OH is 2. The minimum atomic E-state index is 0. The van der Waals surface area contributed by atoms with Gasteiger partial charge in [-0.05, 0) is 0 Å². The standard InChI is InChI=1S/2CH2N.2CH4O.ClH.2H2O.Ru/c4*1-2;;;;/h2*1H2;2*2H,1H3;1H;2*1H2;/q2*-1;;;;;;+3/p-1. The number of aliphatic hydroxyl groups is 2. The Morgan fingerprint density at radius 1 is 0.833 bits per heavy atom. The zero-order valence-corrected chi connectivity index (χ0v) is 9.43. The van der Waals surface area contributed by atoms with Crippen molar-refractivity contribution in [3.63, 3.8) is 0 Å². The quantitative estimate of drug-likeness (QED) is 0.425. The van der Waals surface area contributed by atoms with Crippen LogP contribution in [0.25, 0.3) is 10.8 Å². The maximum atomic E-state index is 7.00. The Morgan fingerprint density at radius 3 is 0.833 bits per heavy atom. The van der Waals surface area contributed by atoms with Gasteiger partial charge in [0.25, 0.3) is 0 Å². The first-order chi connectivity index (χ1) is 5.00.